The number of hydrogen-bond acceptors (Lipinski definition) is 3. The van der Waals surface area contributed by atoms with Crippen LogP contribution >= 0.6 is 0 Å². The third-order valence-electron chi connectivity index (χ3n) is 6.93. The number of amides is 1. The van der Waals surface area contributed by atoms with E-state index >= 15 is 0 Å². The van der Waals surface area contributed by atoms with E-state index in [1.54, 1.807) is 6.20 Å². The van der Waals surface area contributed by atoms with E-state index in [1.165, 1.54) is 11.3 Å². The predicted molar refractivity (Wildman–Crippen MR) is 146 cm³/mol. The van der Waals surface area contributed by atoms with Crippen molar-refractivity contribution in [3.8, 4) is 11.1 Å². The van der Waals surface area contributed by atoms with Crippen LogP contribution in [0, 0.1) is 0 Å². The van der Waals surface area contributed by atoms with Gasteiger partial charge in [0.2, 0.25) is 0 Å². The molecule has 0 spiro atoms. The number of pyridine rings is 1. The van der Waals surface area contributed by atoms with Gasteiger partial charge in [-0.25, -0.2) is 0 Å². The van der Waals surface area contributed by atoms with Gasteiger partial charge in [-0.15, -0.1) is 0 Å². The number of aromatic nitrogens is 1. The maximum Gasteiger partial charge on any atom is 0.254 e. The number of hydrogen-bond donors (Lipinski definition) is 0. The molecule has 0 N–H and O–H groups in total. The van der Waals surface area contributed by atoms with Crippen molar-refractivity contribution in [1.82, 2.24) is 9.88 Å². The van der Waals surface area contributed by atoms with Crippen molar-refractivity contribution in [2.24, 2.45) is 0 Å². The molecule has 36 heavy (non-hydrogen) atoms. The number of rotatable bonds is 4. The largest absolute Gasteiger partial charge is 0.365 e. The van der Waals surface area contributed by atoms with E-state index in [0.29, 0.717) is 13.1 Å². The Kier molecular flexibility index (Phi) is 5.92. The quantitative estimate of drug-likeness (QED) is 0.299. The molecule has 1 amide bonds. The number of fused-ring (bicyclic) bond motifs is 2. The molecule has 4 nitrogen and oxygen atoms in total. The van der Waals surface area contributed by atoms with E-state index in [0.717, 1.165) is 46.1 Å². The van der Waals surface area contributed by atoms with Gasteiger partial charge in [-0.3, -0.25) is 9.78 Å². The number of nitrogens with zero attached hydrogens (tertiary/aromatic N) is 3. The van der Waals surface area contributed by atoms with Gasteiger partial charge in [-0.05, 0) is 57.3 Å². The third-order valence-corrected chi connectivity index (χ3v) is 6.93. The lowest BCUT2D eigenvalue weighted by Crippen LogP contribution is -2.35. The van der Waals surface area contributed by atoms with Crippen LogP contribution < -0.4 is 4.90 Å². The highest BCUT2D eigenvalue weighted by Gasteiger charge is 2.25. The third kappa shape index (κ3) is 4.34. The molecule has 4 aromatic carbocycles. The summed E-state index contributed by atoms with van der Waals surface area (Å²) in [6.07, 6.45) is 3.72. The normalized spacial score (nSPS) is 13.3. The Bertz CT molecular complexity index is 1510. The molecule has 5 aromatic rings. The second-order valence-corrected chi connectivity index (χ2v) is 9.25. The molecule has 1 aliphatic rings. The molecule has 0 saturated carbocycles. The molecule has 0 unspecified atom stereocenters. The zero-order chi connectivity index (χ0) is 24.3. The van der Waals surface area contributed by atoms with Gasteiger partial charge in [0, 0.05) is 49.8 Å². The highest BCUT2D eigenvalue weighted by molar-refractivity contribution is 6.07. The molecular formula is C32H27N3O. The Morgan fingerprint density at radius 1 is 0.778 bits per heavy atom. The monoisotopic (exact) mass is 469 g/mol. The van der Waals surface area contributed by atoms with Crippen molar-refractivity contribution < 1.29 is 4.79 Å². The summed E-state index contributed by atoms with van der Waals surface area (Å²) in [6, 6.07) is 35.2. The van der Waals surface area contributed by atoms with E-state index in [4.69, 9.17) is 0 Å². The summed E-state index contributed by atoms with van der Waals surface area (Å²) >= 11 is 0. The minimum Gasteiger partial charge on any atom is -0.365 e. The topological polar surface area (TPSA) is 36.4 Å². The van der Waals surface area contributed by atoms with E-state index in [1.807, 2.05) is 53.6 Å². The smallest absolute Gasteiger partial charge is 0.254 e. The number of carbonyl (C=O) groups is 1. The molecule has 1 aromatic heterocycles. The molecule has 4 heteroatoms. The van der Waals surface area contributed by atoms with Gasteiger partial charge >= 0.3 is 0 Å². The van der Waals surface area contributed by atoms with E-state index in [-0.39, 0.29) is 5.91 Å². The summed E-state index contributed by atoms with van der Waals surface area (Å²) in [4.78, 5) is 22.6. The first kappa shape index (κ1) is 22.1. The Balaban J connectivity index is 1.39. The minimum atomic E-state index is 0.0751. The highest BCUT2D eigenvalue weighted by atomic mass is 16.2. The predicted octanol–water partition coefficient (Wildman–Crippen LogP) is 6.56. The van der Waals surface area contributed by atoms with Crippen molar-refractivity contribution in [2.75, 3.05) is 18.0 Å². The Morgan fingerprint density at radius 3 is 2.47 bits per heavy atom. The fraction of sp³-hybridized carbons (Fsp3) is 0.125. The molecule has 6 rings (SSSR count). The summed E-state index contributed by atoms with van der Waals surface area (Å²) in [5, 5.41) is 2.09. The average molecular weight is 470 g/mol. The number of carbonyl (C=O) groups excluding carboxylic acids is 1. The zero-order valence-corrected chi connectivity index (χ0v) is 20.0. The van der Waals surface area contributed by atoms with Crippen LogP contribution in [-0.4, -0.2) is 28.9 Å². The SMILES string of the molecule is O=C(c1cccc2ccccc12)N1CCN(Cc2cccnc2)c2ccc(-c3ccccc3)cc2C1. The van der Waals surface area contributed by atoms with Gasteiger partial charge in [-0.2, -0.15) is 0 Å². The highest BCUT2D eigenvalue weighted by Crippen LogP contribution is 2.32. The lowest BCUT2D eigenvalue weighted by Gasteiger charge is -2.25. The Hall–Kier alpha value is -4.44. The molecule has 0 fully saturated rings. The van der Waals surface area contributed by atoms with Crippen LogP contribution in [0.2, 0.25) is 0 Å². The first-order chi connectivity index (χ1) is 17.8. The maximum absolute atomic E-state index is 13.9. The van der Waals surface area contributed by atoms with Crippen molar-refractivity contribution in [3.63, 3.8) is 0 Å². The van der Waals surface area contributed by atoms with E-state index in [2.05, 4.69) is 70.5 Å². The van der Waals surface area contributed by atoms with E-state index in [9.17, 15) is 4.79 Å². The Labute approximate surface area is 211 Å². The standard InChI is InChI=1S/C32H27N3O/c36-32(30-14-6-12-26-11-4-5-13-29(26)30)35-19-18-34(22-24-8-7-17-33-21-24)31-16-15-27(20-28(31)23-35)25-9-2-1-3-10-25/h1-17,20-21H,18-19,22-23H2. The fourth-order valence-corrected chi connectivity index (χ4v) is 5.11. The Morgan fingerprint density at radius 2 is 1.61 bits per heavy atom. The molecule has 1 aliphatic heterocycles. The van der Waals surface area contributed by atoms with Crippen molar-refractivity contribution in [1.29, 1.82) is 0 Å². The summed E-state index contributed by atoms with van der Waals surface area (Å²) < 4.78 is 0. The summed E-state index contributed by atoms with van der Waals surface area (Å²) in [6.45, 7) is 2.73. The molecule has 0 atom stereocenters. The average Bonchev–Trinajstić information content (AvgIpc) is 3.12. The fourth-order valence-electron chi connectivity index (χ4n) is 5.11. The van der Waals surface area contributed by atoms with Crippen LogP contribution in [0.4, 0.5) is 5.69 Å². The van der Waals surface area contributed by atoms with Crippen LogP contribution in [0.3, 0.4) is 0 Å². The van der Waals surface area contributed by atoms with Crippen LogP contribution in [0.25, 0.3) is 21.9 Å². The molecular weight excluding hydrogens is 442 g/mol. The zero-order valence-electron chi connectivity index (χ0n) is 20.0. The molecule has 2 heterocycles. The molecule has 0 saturated heterocycles. The maximum atomic E-state index is 13.9. The van der Waals surface area contributed by atoms with Crippen LogP contribution in [-0.2, 0) is 13.1 Å². The molecule has 0 radical (unpaired) electrons. The van der Waals surface area contributed by atoms with Gasteiger partial charge < -0.3 is 9.80 Å². The van der Waals surface area contributed by atoms with Crippen LogP contribution in [0.15, 0.2) is 116 Å². The van der Waals surface area contributed by atoms with Gasteiger partial charge in [0.25, 0.3) is 5.91 Å². The van der Waals surface area contributed by atoms with E-state index < -0.39 is 0 Å². The van der Waals surface area contributed by atoms with Gasteiger partial charge in [-0.1, -0.05) is 78.9 Å². The number of benzene rings is 4. The lowest BCUT2D eigenvalue weighted by atomic mass is 10.0. The summed E-state index contributed by atoms with van der Waals surface area (Å²) in [7, 11) is 0. The molecule has 176 valence electrons. The summed E-state index contributed by atoms with van der Waals surface area (Å²) in [5.41, 5.74) is 6.59. The second-order valence-electron chi connectivity index (χ2n) is 9.25. The summed E-state index contributed by atoms with van der Waals surface area (Å²) in [5.74, 6) is 0.0751. The van der Waals surface area contributed by atoms with Crippen molar-refractivity contribution in [2.45, 2.75) is 13.1 Å². The molecule has 0 aliphatic carbocycles. The van der Waals surface area contributed by atoms with Gasteiger partial charge in [0.05, 0.1) is 0 Å². The lowest BCUT2D eigenvalue weighted by molar-refractivity contribution is 0.0753. The van der Waals surface area contributed by atoms with Crippen molar-refractivity contribution >= 4 is 22.4 Å². The van der Waals surface area contributed by atoms with Gasteiger partial charge in [0.15, 0.2) is 0 Å². The van der Waals surface area contributed by atoms with Crippen LogP contribution in [0.1, 0.15) is 21.5 Å². The van der Waals surface area contributed by atoms with Crippen molar-refractivity contribution in [3.05, 3.63) is 132 Å². The number of anilines is 1. The minimum absolute atomic E-state index is 0.0751. The first-order valence-electron chi connectivity index (χ1n) is 12.4. The first-order valence-corrected chi connectivity index (χ1v) is 12.4. The van der Waals surface area contributed by atoms with Crippen LogP contribution in [0.5, 0.6) is 0 Å². The second kappa shape index (κ2) is 9.67. The molecule has 0 bridgehead atoms. The van der Waals surface area contributed by atoms with Gasteiger partial charge in [0.1, 0.15) is 0 Å².